The number of rotatable bonds is 3. The molecule has 84 valence electrons. The maximum absolute atomic E-state index is 5.83. The lowest BCUT2D eigenvalue weighted by Crippen LogP contribution is -2.18. The van der Waals surface area contributed by atoms with Gasteiger partial charge >= 0.3 is 0 Å². The van der Waals surface area contributed by atoms with Gasteiger partial charge in [-0.05, 0) is 42.0 Å². The maximum Gasteiger partial charge on any atom is 0.0231 e. The number of benzene rings is 1. The largest absolute Gasteiger partial charge is 0.127 e. The smallest absolute Gasteiger partial charge is 0.0231 e. The zero-order valence-electron chi connectivity index (χ0n) is 9.20. The molecular formula is C12H15Br2Cl. The third-order valence-electron chi connectivity index (χ3n) is 2.70. The number of hydrogen-bond donors (Lipinski definition) is 0. The van der Waals surface area contributed by atoms with Gasteiger partial charge in [0, 0.05) is 14.8 Å². The molecule has 0 aromatic heterocycles. The van der Waals surface area contributed by atoms with Crippen LogP contribution in [0, 0.1) is 6.92 Å². The van der Waals surface area contributed by atoms with Crippen LogP contribution in [0.1, 0.15) is 31.4 Å². The van der Waals surface area contributed by atoms with E-state index in [1.807, 2.05) is 0 Å². The van der Waals surface area contributed by atoms with Crippen molar-refractivity contribution in [1.29, 1.82) is 0 Å². The second-order valence-corrected chi connectivity index (χ2v) is 6.49. The van der Waals surface area contributed by atoms with Crippen LogP contribution in [0.5, 0.6) is 0 Å². The molecule has 0 aliphatic heterocycles. The highest BCUT2D eigenvalue weighted by Crippen LogP contribution is 2.36. The van der Waals surface area contributed by atoms with Crippen molar-refractivity contribution in [3.63, 3.8) is 0 Å². The summed E-state index contributed by atoms with van der Waals surface area (Å²) in [5.74, 6) is 0.685. The molecule has 0 atom stereocenters. The molecule has 0 bridgehead atoms. The molecule has 3 heteroatoms. The number of alkyl halides is 1. The van der Waals surface area contributed by atoms with Gasteiger partial charge in [-0.25, -0.2) is 0 Å². The second-order valence-electron chi connectivity index (χ2n) is 4.40. The molecule has 1 aromatic carbocycles. The van der Waals surface area contributed by atoms with Gasteiger partial charge in [0.15, 0.2) is 0 Å². The first-order valence-electron chi connectivity index (χ1n) is 4.90. The van der Waals surface area contributed by atoms with E-state index in [1.165, 1.54) is 15.6 Å². The molecule has 0 N–H and O–H groups in total. The van der Waals surface area contributed by atoms with Gasteiger partial charge in [-0.3, -0.25) is 0 Å². The van der Waals surface area contributed by atoms with Crippen molar-refractivity contribution in [1.82, 2.24) is 0 Å². The highest BCUT2D eigenvalue weighted by atomic mass is 79.9. The van der Waals surface area contributed by atoms with Crippen molar-refractivity contribution in [2.24, 2.45) is 0 Å². The fraction of sp³-hybridized carbons (Fsp3) is 0.500. The van der Waals surface area contributed by atoms with E-state index in [2.05, 4.69) is 64.8 Å². The van der Waals surface area contributed by atoms with Crippen LogP contribution in [0.4, 0.5) is 0 Å². The SMILES string of the molecule is Cc1cc(Br)c(C(C)(C)CCCl)cc1Br. The van der Waals surface area contributed by atoms with Crippen LogP contribution < -0.4 is 0 Å². The van der Waals surface area contributed by atoms with Crippen molar-refractivity contribution < 1.29 is 0 Å². The number of halogens is 3. The minimum absolute atomic E-state index is 0.108. The molecule has 15 heavy (non-hydrogen) atoms. The zero-order chi connectivity index (χ0) is 11.6. The average Bonchev–Trinajstić information content (AvgIpc) is 2.11. The summed E-state index contributed by atoms with van der Waals surface area (Å²) in [5, 5.41) is 0. The Bertz CT molecular complexity index is 359. The van der Waals surface area contributed by atoms with Crippen LogP contribution in [-0.2, 0) is 5.41 Å². The molecule has 0 unspecified atom stereocenters. The fourth-order valence-electron chi connectivity index (χ4n) is 1.54. The van der Waals surface area contributed by atoms with Gasteiger partial charge in [-0.15, -0.1) is 11.6 Å². The van der Waals surface area contributed by atoms with Crippen molar-refractivity contribution >= 4 is 43.5 Å². The second kappa shape index (κ2) is 5.20. The normalized spacial score (nSPS) is 11.9. The molecule has 0 aliphatic rings. The Morgan fingerprint density at radius 2 is 1.80 bits per heavy atom. The summed E-state index contributed by atoms with van der Waals surface area (Å²) >= 11 is 13.0. The van der Waals surface area contributed by atoms with Gasteiger partial charge in [-0.2, -0.15) is 0 Å². The lowest BCUT2D eigenvalue weighted by Gasteiger charge is -2.26. The average molecular weight is 355 g/mol. The Balaban J connectivity index is 3.19. The van der Waals surface area contributed by atoms with E-state index in [1.54, 1.807) is 0 Å². The molecule has 0 saturated carbocycles. The Labute approximate surface area is 114 Å². The lowest BCUT2D eigenvalue weighted by atomic mass is 9.82. The molecule has 0 aliphatic carbocycles. The lowest BCUT2D eigenvalue weighted by molar-refractivity contribution is 0.506. The Morgan fingerprint density at radius 1 is 1.20 bits per heavy atom. The summed E-state index contributed by atoms with van der Waals surface area (Å²) in [6.07, 6.45) is 0.975. The van der Waals surface area contributed by atoms with Crippen molar-refractivity contribution in [3.8, 4) is 0 Å². The molecule has 0 spiro atoms. The van der Waals surface area contributed by atoms with E-state index in [0.717, 1.165) is 10.9 Å². The molecule has 0 nitrogen and oxygen atoms in total. The van der Waals surface area contributed by atoms with E-state index < -0.39 is 0 Å². The summed E-state index contributed by atoms with van der Waals surface area (Å²) in [5.41, 5.74) is 2.66. The predicted octanol–water partition coefficient (Wildman–Crippen LogP) is 5.43. The van der Waals surface area contributed by atoms with E-state index in [0.29, 0.717) is 5.88 Å². The number of aryl methyl sites for hydroxylation is 1. The van der Waals surface area contributed by atoms with Gasteiger partial charge in [0.25, 0.3) is 0 Å². The van der Waals surface area contributed by atoms with Crippen LogP contribution >= 0.6 is 43.5 Å². The van der Waals surface area contributed by atoms with Gasteiger partial charge < -0.3 is 0 Å². The van der Waals surface area contributed by atoms with Gasteiger partial charge in [0.1, 0.15) is 0 Å². The van der Waals surface area contributed by atoms with Crippen molar-refractivity contribution in [2.45, 2.75) is 32.6 Å². The molecule has 1 aromatic rings. The van der Waals surface area contributed by atoms with Gasteiger partial charge in [0.05, 0.1) is 0 Å². The van der Waals surface area contributed by atoms with Crippen LogP contribution in [-0.4, -0.2) is 5.88 Å². The van der Waals surface area contributed by atoms with Crippen LogP contribution in [0.15, 0.2) is 21.1 Å². The molecule has 0 amide bonds. The summed E-state index contributed by atoms with van der Waals surface area (Å²) in [6.45, 7) is 6.53. The van der Waals surface area contributed by atoms with Gasteiger partial charge in [0.2, 0.25) is 0 Å². The topological polar surface area (TPSA) is 0 Å². The first-order chi connectivity index (χ1) is 6.88. The van der Waals surface area contributed by atoms with E-state index in [-0.39, 0.29) is 5.41 Å². The quantitative estimate of drug-likeness (QED) is 0.635. The Hall–Kier alpha value is 0.470. The summed E-state index contributed by atoms with van der Waals surface area (Å²) in [7, 11) is 0. The molecule has 0 heterocycles. The van der Waals surface area contributed by atoms with E-state index >= 15 is 0 Å². The number of hydrogen-bond acceptors (Lipinski definition) is 0. The summed E-state index contributed by atoms with van der Waals surface area (Å²) in [6, 6.07) is 4.33. The zero-order valence-corrected chi connectivity index (χ0v) is 13.1. The molecular weight excluding hydrogens is 339 g/mol. The highest BCUT2D eigenvalue weighted by Gasteiger charge is 2.23. The fourth-order valence-corrected chi connectivity index (χ4v) is 3.35. The maximum atomic E-state index is 5.83. The van der Waals surface area contributed by atoms with Crippen molar-refractivity contribution in [2.75, 3.05) is 5.88 Å². The molecule has 0 fully saturated rings. The first-order valence-corrected chi connectivity index (χ1v) is 7.02. The van der Waals surface area contributed by atoms with Crippen molar-refractivity contribution in [3.05, 3.63) is 32.2 Å². The Kier molecular flexibility index (Phi) is 4.69. The van der Waals surface area contributed by atoms with E-state index in [4.69, 9.17) is 11.6 Å². The van der Waals surface area contributed by atoms with Crippen LogP contribution in [0.2, 0.25) is 0 Å². The third-order valence-corrected chi connectivity index (χ3v) is 4.40. The monoisotopic (exact) mass is 352 g/mol. The van der Waals surface area contributed by atoms with Gasteiger partial charge in [-0.1, -0.05) is 45.7 Å². The predicted molar refractivity (Wildman–Crippen MR) is 74.9 cm³/mol. The highest BCUT2D eigenvalue weighted by molar-refractivity contribution is 9.11. The minimum Gasteiger partial charge on any atom is -0.127 e. The summed E-state index contributed by atoms with van der Waals surface area (Å²) in [4.78, 5) is 0. The standard InChI is InChI=1S/C12H15Br2Cl/c1-8-6-11(14)9(7-10(8)13)12(2,3)4-5-15/h6-7H,4-5H2,1-3H3. The van der Waals surface area contributed by atoms with Crippen LogP contribution in [0.25, 0.3) is 0 Å². The van der Waals surface area contributed by atoms with Crippen LogP contribution in [0.3, 0.4) is 0 Å². The Morgan fingerprint density at radius 3 is 2.33 bits per heavy atom. The molecule has 1 rings (SSSR count). The first kappa shape index (κ1) is 13.5. The third kappa shape index (κ3) is 3.21. The summed E-state index contributed by atoms with van der Waals surface area (Å²) < 4.78 is 2.32. The molecule has 0 saturated heterocycles. The van der Waals surface area contributed by atoms with E-state index in [9.17, 15) is 0 Å². The molecule has 0 radical (unpaired) electrons. The minimum atomic E-state index is 0.108.